The first-order chi connectivity index (χ1) is 11.8. The average molecular weight is 355 g/mol. The number of amides is 3. The maximum atomic E-state index is 12.4. The van der Waals surface area contributed by atoms with Crippen molar-refractivity contribution < 1.29 is 19.4 Å². The fourth-order valence-electron chi connectivity index (χ4n) is 3.49. The first-order valence-corrected chi connectivity index (χ1v) is 9.43. The number of carbonyl (C=O) groups excluding carboxylic acids is 2. The molecule has 0 aromatic carbocycles. The minimum atomic E-state index is -0.518. The van der Waals surface area contributed by atoms with E-state index in [2.05, 4.69) is 5.32 Å². The number of likely N-dealkylation sites (tertiary alicyclic amines) is 2. The zero-order valence-electron chi connectivity index (χ0n) is 15.8. The molecule has 2 aliphatic rings. The third kappa shape index (κ3) is 6.06. The van der Waals surface area contributed by atoms with Crippen LogP contribution in [0.25, 0.3) is 0 Å². The highest BCUT2D eigenvalue weighted by Crippen LogP contribution is 2.20. The molecule has 0 saturated carbocycles. The highest BCUT2D eigenvalue weighted by atomic mass is 16.6. The van der Waals surface area contributed by atoms with Crippen LogP contribution in [0.15, 0.2) is 0 Å². The maximum Gasteiger partial charge on any atom is 0.410 e. The van der Waals surface area contributed by atoms with Crippen molar-refractivity contribution in [2.75, 3.05) is 32.8 Å². The molecule has 7 nitrogen and oxygen atoms in total. The third-order valence-electron chi connectivity index (χ3n) is 4.81. The normalized spacial score (nSPS) is 24.8. The number of piperidine rings is 2. The molecule has 0 aromatic rings. The predicted octanol–water partition coefficient (Wildman–Crippen LogP) is 2.19. The Morgan fingerprint density at radius 1 is 1.16 bits per heavy atom. The van der Waals surface area contributed by atoms with Gasteiger partial charge in [0.25, 0.3) is 0 Å². The molecule has 25 heavy (non-hydrogen) atoms. The van der Waals surface area contributed by atoms with E-state index in [1.807, 2.05) is 20.8 Å². The molecule has 2 aliphatic heterocycles. The lowest BCUT2D eigenvalue weighted by Crippen LogP contribution is -2.53. The largest absolute Gasteiger partial charge is 0.444 e. The molecule has 2 saturated heterocycles. The lowest BCUT2D eigenvalue weighted by molar-refractivity contribution is 0.00997. The number of aliphatic hydroxyl groups is 1. The third-order valence-corrected chi connectivity index (χ3v) is 4.81. The molecule has 2 fully saturated rings. The van der Waals surface area contributed by atoms with Crippen molar-refractivity contribution >= 4 is 12.1 Å². The minimum absolute atomic E-state index is 0.0222. The number of ether oxygens (including phenoxy) is 1. The van der Waals surface area contributed by atoms with E-state index in [9.17, 15) is 14.7 Å². The van der Waals surface area contributed by atoms with E-state index in [1.165, 1.54) is 0 Å². The zero-order valence-corrected chi connectivity index (χ0v) is 15.8. The summed E-state index contributed by atoms with van der Waals surface area (Å²) in [6.45, 7) is 8.15. The molecule has 2 N–H and O–H groups in total. The van der Waals surface area contributed by atoms with Crippen LogP contribution in [0, 0.1) is 5.92 Å². The highest BCUT2D eigenvalue weighted by Gasteiger charge is 2.31. The molecule has 3 amide bonds. The number of rotatable bonds is 3. The Morgan fingerprint density at radius 2 is 1.92 bits per heavy atom. The van der Waals surface area contributed by atoms with Gasteiger partial charge in [-0.2, -0.15) is 0 Å². The van der Waals surface area contributed by atoms with Crippen molar-refractivity contribution in [3.63, 3.8) is 0 Å². The van der Waals surface area contributed by atoms with Gasteiger partial charge in [0.1, 0.15) is 5.60 Å². The van der Waals surface area contributed by atoms with Gasteiger partial charge in [0.15, 0.2) is 0 Å². The van der Waals surface area contributed by atoms with Crippen LogP contribution in [0.5, 0.6) is 0 Å². The second-order valence-electron chi connectivity index (χ2n) is 8.15. The van der Waals surface area contributed by atoms with E-state index >= 15 is 0 Å². The van der Waals surface area contributed by atoms with Gasteiger partial charge in [-0.05, 0) is 58.8 Å². The van der Waals surface area contributed by atoms with Gasteiger partial charge in [0.2, 0.25) is 0 Å². The van der Waals surface area contributed by atoms with Crippen molar-refractivity contribution in [1.82, 2.24) is 15.1 Å². The van der Waals surface area contributed by atoms with Crippen LogP contribution in [-0.4, -0.2) is 71.5 Å². The summed E-state index contributed by atoms with van der Waals surface area (Å²) in [7, 11) is 0. The molecule has 0 bridgehead atoms. The monoisotopic (exact) mass is 355 g/mol. The number of nitrogens with zero attached hydrogens (tertiary/aromatic N) is 2. The van der Waals surface area contributed by atoms with Crippen molar-refractivity contribution in [3.05, 3.63) is 0 Å². The van der Waals surface area contributed by atoms with Crippen LogP contribution < -0.4 is 5.32 Å². The van der Waals surface area contributed by atoms with Gasteiger partial charge in [-0.25, -0.2) is 9.59 Å². The lowest BCUT2D eigenvalue weighted by Gasteiger charge is -2.37. The van der Waals surface area contributed by atoms with Crippen LogP contribution in [0.4, 0.5) is 9.59 Å². The van der Waals surface area contributed by atoms with Crippen molar-refractivity contribution in [1.29, 1.82) is 0 Å². The molecule has 0 aliphatic carbocycles. The number of carbonyl (C=O) groups is 2. The van der Waals surface area contributed by atoms with Crippen molar-refractivity contribution in [2.24, 2.45) is 5.92 Å². The molecular formula is C18H33N3O4. The molecule has 0 aromatic heterocycles. The van der Waals surface area contributed by atoms with Gasteiger partial charge in [-0.3, -0.25) is 0 Å². The topological polar surface area (TPSA) is 82.1 Å². The fraction of sp³-hybridized carbons (Fsp3) is 0.889. The smallest absolute Gasteiger partial charge is 0.410 e. The zero-order chi connectivity index (χ0) is 18.4. The molecule has 0 spiro atoms. The van der Waals surface area contributed by atoms with Gasteiger partial charge in [0.05, 0.1) is 6.04 Å². The quantitative estimate of drug-likeness (QED) is 0.813. The lowest BCUT2D eigenvalue weighted by atomic mass is 9.99. The summed E-state index contributed by atoms with van der Waals surface area (Å²) in [5.74, 6) is 0.174. The minimum Gasteiger partial charge on any atom is -0.444 e. The summed E-state index contributed by atoms with van der Waals surface area (Å²) < 4.78 is 5.50. The second kappa shape index (κ2) is 8.74. The van der Waals surface area contributed by atoms with Crippen LogP contribution >= 0.6 is 0 Å². The molecule has 7 heteroatoms. The first kappa shape index (κ1) is 19.8. The fourth-order valence-corrected chi connectivity index (χ4v) is 3.49. The van der Waals surface area contributed by atoms with E-state index in [-0.39, 0.29) is 30.7 Å². The summed E-state index contributed by atoms with van der Waals surface area (Å²) in [4.78, 5) is 28.3. The van der Waals surface area contributed by atoms with Gasteiger partial charge in [-0.15, -0.1) is 0 Å². The predicted molar refractivity (Wildman–Crippen MR) is 95.4 cm³/mol. The van der Waals surface area contributed by atoms with Gasteiger partial charge in [0, 0.05) is 32.8 Å². The SMILES string of the molecule is CC(C)(C)OC(=O)N1CCCCC1CNC(=O)N1CCCC(CO)C1. The van der Waals surface area contributed by atoms with Crippen molar-refractivity contribution in [3.8, 4) is 0 Å². The van der Waals surface area contributed by atoms with Crippen LogP contribution in [0.3, 0.4) is 0 Å². The number of hydrogen-bond acceptors (Lipinski definition) is 4. The van der Waals surface area contributed by atoms with E-state index < -0.39 is 5.60 Å². The van der Waals surface area contributed by atoms with Gasteiger partial charge < -0.3 is 25.0 Å². The van der Waals surface area contributed by atoms with Crippen LogP contribution in [0.2, 0.25) is 0 Å². The van der Waals surface area contributed by atoms with E-state index in [0.29, 0.717) is 19.6 Å². The number of nitrogens with one attached hydrogen (secondary N) is 1. The Labute approximate surface area is 150 Å². The Hall–Kier alpha value is -1.50. The van der Waals surface area contributed by atoms with Gasteiger partial charge in [-0.1, -0.05) is 0 Å². The standard InChI is InChI=1S/C18H33N3O4/c1-18(2,3)25-17(24)21-10-5-4-8-15(21)11-19-16(23)20-9-6-7-14(12-20)13-22/h14-15,22H,4-13H2,1-3H3,(H,19,23). The van der Waals surface area contributed by atoms with E-state index in [4.69, 9.17) is 4.74 Å². The summed E-state index contributed by atoms with van der Waals surface area (Å²) in [6.07, 6.45) is 4.48. The Morgan fingerprint density at radius 3 is 2.60 bits per heavy atom. The molecule has 0 radical (unpaired) electrons. The summed E-state index contributed by atoms with van der Waals surface area (Å²) in [6, 6.07) is -0.126. The summed E-state index contributed by atoms with van der Waals surface area (Å²) in [5.41, 5.74) is -0.518. The second-order valence-corrected chi connectivity index (χ2v) is 8.15. The van der Waals surface area contributed by atoms with E-state index in [1.54, 1.807) is 9.80 Å². The molecular weight excluding hydrogens is 322 g/mol. The van der Waals surface area contributed by atoms with Crippen molar-refractivity contribution in [2.45, 2.75) is 64.5 Å². The Balaban J connectivity index is 1.86. The number of hydrogen-bond donors (Lipinski definition) is 2. The summed E-state index contributed by atoms with van der Waals surface area (Å²) in [5, 5.41) is 12.3. The average Bonchev–Trinajstić information content (AvgIpc) is 2.58. The van der Waals surface area contributed by atoms with E-state index in [0.717, 1.165) is 38.6 Å². The Kier molecular flexibility index (Phi) is 6.93. The summed E-state index contributed by atoms with van der Waals surface area (Å²) >= 11 is 0. The van der Waals surface area contributed by atoms with Crippen LogP contribution in [0.1, 0.15) is 52.9 Å². The molecule has 2 atom stereocenters. The van der Waals surface area contributed by atoms with Gasteiger partial charge >= 0.3 is 12.1 Å². The Bertz CT molecular complexity index is 464. The number of urea groups is 1. The van der Waals surface area contributed by atoms with Crippen LogP contribution in [-0.2, 0) is 4.74 Å². The molecule has 2 unspecified atom stereocenters. The maximum absolute atomic E-state index is 12.4. The number of aliphatic hydroxyl groups excluding tert-OH is 1. The first-order valence-electron chi connectivity index (χ1n) is 9.43. The highest BCUT2D eigenvalue weighted by molar-refractivity contribution is 5.74. The molecule has 2 heterocycles. The molecule has 2 rings (SSSR count). The molecule has 144 valence electrons.